The van der Waals surface area contributed by atoms with Crippen LogP contribution in [0.25, 0.3) is 0 Å². The molecule has 1 aromatic rings. The number of rotatable bonds is 8. The fourth-order valence-corrected chi connectivity index (χ4v) is 1.70. The third kappa shape index (κ3) is 8.51. The molecule has 0 spiro atoms. The molecule has 0 saturated carbocycles. The molecule has 0 unspecified atom stereocenters. The summed E-state index contributed by atoms with van der Waals surface area (Å²) in [6, 6.07) is 4.56. The van der Waals surface area contributed by atoms with Crippen LogP contribution in [0.15, 0.2) is 18.2 Å². The number of halogens is 4. The molecule has 0 bridgehead atoms. The van der Waals surface area contributed by atoms with Gasteiger partial charge in [0.2, 0.25) is 5.91 Å². The second kappa shape index (κ2) is 10.2. The van der Waals surface area contributed by atoms with Gasteiger partial charge >= 0.3 is 6.18 Å². The van der Waals surface area contributed by atoms with Crippen molar-refractivity contribution in [1.29, 1.82) is 0 Å². The molecule has 0 aliphatic rings. The van der Waals surface area contributed by atoms with Gasteiger partial charge in [0.25, 0.3) is 0 Å². The van der Waals surface area contributed by atoms with E-state index < -0.39 is 12.8 Å². The number of hydrogen-bond acceptors (Lipinski definition) is 4. The second-order valence-electron chi connectivity index (χ2n) is 4.53. The highest BCUT2D eigenvalue weighted by Gasteiger charge is 2.29. The first-order valence-corrected chi connectivity index (χ1v) is 6.69. The van der Waals surface area contributed by atoms with E-state index >= 15 is 0 Å². The van der Waals surface area contributed by atoms with E-state index in [1.807, 2.05) is 0 Å². The number of methoxy groups -OCH3 is 1. The quantitative estimate of drug-likeness (QED) is 0.748. The van der Waals surface area contributed by atoms with E-state index in [9.17, 15) is 18.0 Å². The van der Waals surface area contributed by atoms with Crippen molar-refractivity contribution in [2.45, 2.75) is 19.0 Å². The molecule has 5 nitrogen and oxygen atoms in total. The average molecular weight is 357 g/mol. The van der Waals surface area contributed by atoms with Crippen molar-refractivity contribution >= 4 is 18.3 Å². The zero-order valence-corrected chi connectivity index (χ0v) is 13.4. The molecular weight excluding hydrogens is 337 g/mol. The number of nitrogens with two attached hydrogens (primary N) is 1. The average Bonchev–Trinajstić information content (AvgIpc) is 2.48. The van der Waals surface area contributed by atoms with Crippen LogP contribution in [0.5, 0.6) is 11.5 Å². The maximum atomic E-state index is 12.1. The van der Waals surface area contributed by atoms with Gasteiger partial charge in [0.05, 0.1) is 7.11 Å². The van der Waals surface area contributed by atoms with E-state index in [0.717, 1.165) is 5.56 Å². The summed E-state index contributed by atoms with van der Waals surface area (Å²) in [7, 11) is 1.34. The van der Waals surface area contributed by atoms with Crippen molar-refractivity contribution in [3.8, 4) is 11.5 Å². The Hall–Kier alpha value is -1.67. The van der Waals surface area contributed by atoms with Gasteiger partial charge < -0.3 is 20.5 Å². The van der Waals surface area contributed by atoms with Crippen molar-refractivity contribution in [1.82, 2.24) is 5.32 Å². The Balaban J connectivity index is 0.00000484. The summed E-state index contributed by atoms with van der Waals surface area (Å²) in [5.41, 5.74) is 6.04. The number of alkyl halides is 3. The maximum absolute atomic E-state index is 12.1. The van der Waals surface area contributed by atoms with Crippen molar-refractivity contribution in [2.24, 2.45) is 5.73 Å². The summed E-state index contributed by atoms with van der Waals surface area (Å²) in [6.07, 6.45) is -3.72. The van der Waals surface area contributed by atoms with Crippen molar-refractivity contribution in [2.75, 3.05) is 26.8 Å². The van der Waals surface area contributed by atoms with Crippen LogP contribution in [0, 0.1) is 0 Å². The molecule has 1 amide bonds. The van der Waals surface area contributed by atoms with Crippen molar-refractivity contribution in [3.63, 3.8) is 0 Å². The van der Waals surface area contributed by atoms with E-state index in [-0.39, 0.29) is 36.2 Å². The third-order valence-corrected chi connectivity index (χ3v) is 2.73. The lowest BCUT2D eigenvalue weighted by atomic mass is 10.1. The number of carbonyl (C=O) groups excluding carboxylic acids is 1. The molecule has 3 N–H and O–H groups in total. The Morgan fingerprint density at radius 2 is 2.00 bits per heavy atom. The molecule has 23 heavy (non-hydrogen) atoms. The van der Waals surface area contributed by atoms with Crippen LogP contribution in [0.2, 0.25) is 0 Å². The highest BCUT2D eigenvalue weighted by molar-refractivity contribution is 5.85. The largest absolute Gasteiger partial charge is 0.493 e. The number of carbonyl (C=O) groups is 1. The standard InChI is InChI=1S/C14H19F3N2O3.ClH/c1-21-12-8-10(3-5-13(20)19-7-6-18)2-4-11(12)22-9-14(15,16)17;/h2,4,8H,3,5-7,9,18H2,1H3,(H,19,20);1H. The summed E-state index contributed by atoms with van der Waals surface area (Å²) in [6.45, 7) is -0.610. The van der Waals surface area contributed by atoms with Crippen molar-refractivity contribution < 1.29 is 27.4 Å². The van der Waals surface area contributed by atoms with Gasteiger partial charge in [-0.2, -0.15) is 13.2 Å². The molecule has 0 atom stereocenters. The Morgan fingerprint density at radius 1 is 1.30 bits per heavy atom. The molecule has 1 aromatic carbocycles. The van der Waals surface area contributed by atoms with Crippen LogP contribution in [-0.2, 0) is 11.2 Å². The van der Waals surface area contributed by atoms with Crippen LogP contribution >= 0.6 is 12.4 Å². The number of hydrogen-bond donors (Lipinski definition) is 2. The van der Waals surface area contributed by atoms with Crippen molar-refractivity contribution in [3.05, 3.63) is 23.8 Å². The van der Waals surface area contributed by atoms with E-state index in [1.54, 1.807) is 12.1 Å². The molecule has 1 rings (SSSR count). The molecule has 0 aliphatic heterocycles. The molecule has 0 aliphatic carbocycles. The predicted octanol–water partition coefficient (Wildman–Crippen LogP) is 2.07. The van der Waals surface area contributed by atoms with Gasteiger partial charge in [-0.15, -0.1) is 12.4 Å². The minimum Gasteiger partial charge on any atom is -0.493 e. The number of ether oxygens (including phenoxy) is 2. The number of benzene rings is 1. The predicted molar refractivity (Wildman–Crippen MR) is 82.2 cm³/mol. The first-order valence-electron chi connectivity index (χ1n) is 6.69. The third-order valence-electron chi connectivity index (χ3n) is 2.73. The smallest absolute Gasteiger partial charge is 0.422 e. The van der Waals surface area contributed by atoms with Gasteiger partial charge in [-0.1, -0.05) is 6.07 Å². The van der Waals surface area contributed by atoms with Gasteiger partial charge in [-0.3, -0.25) is 4.79 Å². The SMILES string of the molecule is COc1cc(CCC(=O)NCCN)ccc1OCC(F)(F)F.Cl. The van der Waals surface area contributed by atoms with E-state index in [0.29, 0.717) is 19.5 Å². The van der Waals surface area contributed by atoms with Crippen LogP contribution in [0.1, 0.15) is 12.0 Å². The molecule has 0 aromatic heterocycles. The lowest BCUT2D eigenvalue weighted by molar-refractivity contribution is -0.153. The Labute approximate surface area is 138 Å². The Morgan fingerprint density at radius 3 is 2.57 bits per heavy atom. The maximum Gasteiger partial charge on any atom is 0.422 e. The molecule has 0 heterocycles. The van der Waals surface area contributed by atoms with Gasteiger partial charge in [-0.05, 0) is 24.1 Å². The zero-order chi connectivity index (χ0) is 16.6. The Kier molecular flexibility index (Phi) is 9.43. The van der Waals surface area contributed by atoms with Crippen LogP contribution in [0.4, 0.5) is 13.2 Å². The highest BCUT2D eigenvalue weighted by atomic mass is 35.5. The second-order valence-corrected chi connectivity index (χ2v) is 4.53. The summed E-state index contributed by atoms with van der Waals surface area (Å²) < 4.78 is 46.1. The van der Waals surface area contributed by atoms with E-state index in [1.165, 1.54) is 13.2 Å². The highest BCUT2D eigenvalue weighted by Crippen LogP contribution is 2.30. The fraction of sp³-hybridized carbons (Fsp3) is 0.500. The van der Waals surface area contributed by atoms with Crippen LogP contribution in [-0.4, -0.2) is 38.9 Å². The van der Waals surface area contributed by atoms with Gasteiger partial charge in [0.1, 0.15) is 0 Å². The van der Waals surface area contributed by atoms with Crippen LogP contribution < -0.4 is 20.5 Å². The van der Waals surface area contributed by atoms with Gasteiger partial charge in [-0.25, -0.2) is 0 Å². The number of amides is 1. The molecular formula is C14H20ClF3N2O3. The lowest BCUT2D eigenvalue weighted by Crippen LogP contribution is -2.29. The number of nitrogens with one attached hydrogen (secondary N) is 1. The monoisotopic (exact) mass is 356 g/mol. The lowest BCUT2D eigenvalue weighted by Gasteiger charge is -2.13. The van der Waals surface area contributed by atoms with Crippen LogP contribution in [0.3, 0.4) is 0 Å². The minimum absolute atomic E-state index is 0. The van der Waals surface area contributed by atoms with E-state index in [2.05, 4.69) is 10.1 Å². The zero-order valence-electron chi connectivity index (χ0n) is 12.6. The summed E-state index contributed by atoms with van der Waals surface area (Å²) >= 11 is 0. The Bertz CT molecular complexity index is 499. The summed E-state index contributed by atoms with van der Waals surface area (Å²) in [5, 5.41) is 2.63. The number of aryl methyl sites for hydroxylation is 1. The van der Waals surface area contributed by atoms with Gasteiger partial charge in [0, 0.05) is 19.5 Å². The summed E-state index contributed by atoms with van der Waals surface area (Å²) in [4.78, 5) is 11.5. The molecule has 0 fully saturated rings. The summed E-state index contributed by atoms with van der Waals surface area (Å²) in [5.74, 6) is 0.0714. The molecule has 132 valence electrons. The topological polar surface area (TPSA) is 73.6 Å². The normalized spacial score (nSPS) is 10.7. The first-order chi connectivity index (χ1) is 10.4. The van der Waals surface area contributed by atoms with E-state index in [4.69, 9.17) is 10.5 Å². The first kappa shape index (κ1) is 21.3. The molecule has 0 saturated heterocycles. The molecule has 0 radical (unpaired) electrons. The molecule has 9 heteroatoms. The van der Waals surface area contributed by atoms with Gasteiger partial charge in [0.15, 0.2) is 18.1 Å². The minimum atomic E-state index is -4.41. The fourth-order valence-electron chi connectivity index (χ4n) is 1.70.